The van der Waals surface area contributed by atoms with Gasteiger partial charge in [-0.3, -0.25) is 19.2 Å². The topological polar surface area (TPSA) is 74.8 Å². The molecule has 3 aliphatic rings. The maximum atomic E-state index is 13.9. The highest BCUT2D eigenvalue weighted by Crippen LogP contribution is 2.47. The standard InChI is InChI=1S/C30H20Br2N2O4/c31-20-8-6-18(7-9-20)28(36)26-25-24(29(37)34(30(25)38)22-12-10-21(32)11-13-22)23-16-19(14-15-33(23)26)27(35)17-4-2-1-3-5-17/h1-16,23-26H/t23-,24+,25+,26-/m1/s1. The van der Waals surface area contributed by atoms with Crippen molar-refractivity contribution >= 4 is 60.9 Å². The fourth-order valence-electron chi connectivity index (χ4n) is 5.58. The summed E-state index contributed by atoms with van der Waals surface area (Å²) in [7, 11) is 0. The molecule has 0 bridgehead atoms. The Morgan fingerprint density at radius 2 is 1.32 bits per heavy atom. The van der Waals surface area contributed by atoms with Gasteiger partial charge >= 0.3 is 0 Å². The molecule has 8 heteroatoms. The Bertz CT molecular complexity index is 1530. The lowest BCUT2D eigenvalue weighted by atomic mass is 9.85. The van der Waals surface area contributed by atoms with Crippen LogP contribution < -0.4 is 4.90 Å². The van der Waals surface area contributed by atoms with E-state index in [-0.39, 0.29) is 17.5 Å². The molecule has 2 fully saturated rings. The number of carbonyl (C=O) groups is 4. The third kappa shape index (κ3) is 3.99. The van der Waals surface area contributed by atoms with E-state index in [0.717, 1.165) is 8.95 Å². The van der Waals surface area contributed by atoms with Gasteiger partial charge in [-0.15, -0.1) is 0 Å². The van der Waals surface area contributed by atoms with Crippen LogP contribution in [0.5, 0.6) is 0 Å². The predicted octanol–water partition coefficient (Wildman–Crippen LogP) is 5.59. The fourth-order valence-corrected chi connectivity index (χ4v) is 6.11. The van der Waals surface area contributed by atoms with Crippen molar-refractivity contribution in [1.29, 1.82) is 0 Å². The molecule has 2 amide bonds. The number of ketones is 2. The van der Waals surface area contributed by atoms with Crippen molar-refractivity contribution in [3.8, 4) is 0 Å². The molecular formula is C30H20Br2N2O4. The molecule has 6 nitrogen and oxygen atoms in total. The molecule has 3 aromatic carbocycles. The van der Waals surface area contributed by atoms with Crippen molar-refractivity contribution in [1.82, 2.24) is 4.90 Å². The van der Waals surface area contributed by atoms with E-state index in [1.54, 1.807) is 96.0 Å². The number of Topliss-reactive ketones (excluding diaryl/α,β-unsaturated/α-hetero) is 2. The Morgan fingerprint density at radius 1 is 0.711 bits per heavy atom. The highest BCUT2D eigenvalue weighted by Gasteiger charge is 2.63. The number of hydrogen-bond donors (Lipinski definition) is 0. The average molecular weight is 632 g/mol. The van der Waals surface area contributed by atoms with Crippen molar-refractivity contribution in [3.63, 3.8) is 0 Å². The Hall–Kier alpha value is -3.62. The zero-order valence-electron chi connectivity index (χ0n) is 19.8. The minimum atomic E-state index is -0.889. The van der Waals surface area contributed by atoms with Gasteiger partial charge in [0.2, 0.25) is 11.8 Å². The van der Waals surface area contributed by atoms with Crippen molar-refractivity contribution < 1.29 is 19.2 Å². The van der Waals surface area contributed by atoms with Crippen LogP contribution in [-0.2, 0) is 9.59 Å². The number of benzene rings is 3. The molecule has 2 saturated heterocycles. The predicted molar refractivity (Wildman–Crippen MR) is 149 cm³/mol. The number of hydrogen-bond acceptors (Lipinski definition) is 5. The lowest BCUT2D eigenvalue weighted by Gasteiger charge is -2.32. The molecule has 3 heterocycles. The van der Waals surface area contributed by atoms with Gasteiger partial charge in [0, 0.05) is 31.8 Å². The number of amides is 2. The van der Waals surface area contributed by atoms with Gasteiger partial charge < -0.3 is 4.90 Å². The first-order valence-corrected chi connectivity index (χ1v) is 13.6. The van der Waals surface area contributed by atoms with Crippen molar-refractivity contribution in [2.75, 3.05) is 4.90 Å². The van der Waals surface area contributed by atoms with Gasteiger partial charge in [-0.05, 0) is 42.5 Å². The molecule has 3 aliphatic heterocycles. The minimum Gasteiger partial charge on any atom is -0.359 e. The number of rotatable bonds is 5. The number of anilines is 1. The van der Waals surface area contributed by atoms with Crippen LogP contribution in [0.3, 0.4) is 0 Å². The summed E-state index contributed by atoms with van der Waals surface area (Å²) in [5, 5.41) is 0. The van der Waals surface area contributed by atoms with E-state index in [0.29, 0.717) is 22.4 Å². The van der Waals surface area contributed by atoms with Crippen LogP contribution in [0.4, 0.5) is 5.69 Å². The summed E-state index contributed by atoms with van der Waals surface area (Å²) < 4.78 is 1.65. The summed E-state index contributed by atoms with van der Waals surface area (Å²) in [5.41, 5.74) is 1.85. The van der Waals surface area contributed by atoms with Crippen LogP contribution in [0.25, 0.3) is 0 Å². The molecule has 38 heavy (non-hydrogen) atoms. The average Bonchev–Trinajstić information content (AvgIpc) is 3.41. The van der Waals surface area contributed by atoms with E-state index < -0.39 is 29.8 Å². The maximum Gasteiger partial charge on any atom is 0.240 e. The Morgan fingerprint density at radius 3 is 1.97 bits per heavy atom. The largest absolute Gasteiger partial charge is 0.359 e. The van der Waals surface area contributed by atoms with Gasteiger partial charge in [-0.2, -0.15) is 0 Å². The second kappa shape index (κ2) is 9.60. The number of carbonyl (C=O) groups excluding carboxylic acids is 4. The summed E-state index contributed by atoms with van der Waals surface area (Å²) in [6.45, 7) is 0. The van der Waals surface area contributed by atoms with Gasteiger partial charge in [0.05, 0.1) is 23.6 Å². The highest BCUT2D eigenvalue weighted by atomic mass is 79.9. The van der Waals surface area contributed by atoms with E-state index in [2.05, 4.69) is 31.9 Å². The van der Waals surface area contributed by atoms with Crippen molar-refractivity contribution in [2.45, 2.75) is 12.1 Å². The summed E-state index contributed by atoms with van der Waals surface area (Å²) in [6, 6.07) is 21.3. The first-order valence-electron chi connectivity index (χ1n) is 12.1. The maximum absolute atomic E-state index is 13.9. The molecule has 6 rings (SSSR count). The van der Waals surface area contributed by atoms with Gasteiger partial charge in [-0.1, -0.05) is 80.4 Å². The van der Waals surface area contributed by atoms with E-state index >= 15 is 0 Å². The van der Waals surface area contributed by atoms with Gasteiger partial charge in [0.25, 0.3) is 0 Å². The molecule has 0 aliphatic carbocycles. The zero-order valence-corrected chi connectivity index (χ0v) is 23.0. The van der Waals surface area contributed by atoms with Crippen molar-refractivity contribution in [2.24, 2.45) is 11.8 Å². The lowest BCUT2D eigenvalue weighted by molar-refractivity contribution is -0.123. The Balaban J connectivity index is 1.43. The molecular weight excluding hydrogens is 612 g/mol. The monoisotopic (exact) mass is 630 g/mol. The molecule has 0 spiro atoms. The summed E-state index contributed by atoms with van der Waals surface area (Å²) >= 11 is 6.78. The number of nitrogens with zero attached hydrogens (tertiary/aromatic N) is 2. The van der Waals surface area contributed by atoms with E-state index in [9.17, 15) is 19.2 Å². The van der Waals surface area contributed by atoms with E-state index in [1.807, 2.05) is 6.07 Å². The van der Waals surface area contributed by atoms with Crippen LogP contribution >= 0.6 is 31.9 Å². The molecule has 0 aromatic heterocycles. The molecule has 3 aromatic rings. The Labute approximate surface area is 235 Å². The van der Waals surface area contributed by atoms with Crippen molar-refractivity contribution in [3.05, 3.63) is 123 Å². The first-order chi connectivity index (χ1) is 18.3. The minimum absolute atomic E-state index is 0.178. The second-order valence-corrected chi connectivity index (χ2v) is 11.3. The highest BCUT2D eigenvalue weighted by molar-refractivity contribution is 9.10. The van der Waals surface area contributed by atoms with Gasteiger partial charge in [-0.25, -0.2) is 4.90 Å². The van der Waals surface area contributed by atoms with Crippen LogP contribution in [-0.4, -0.2) is 40.4 Å². The lowest BCUT2D eigenvalue weighted by Crippen LogP contribution is -2.46. The summed E-state index contributed by atoms with van der Waals surface area (Å²) in [6.07, 6.45) is 5.08. The molecule has 0 saturated carbocycles. The molecule has 0 N–H and O–H groups in total. The van der Waals surface area contributed by atoms with E-state index in [1.165, 1.54) is 4.90 Å². The number of imide groups is 1. The third-order valence-electron chi connectivity index (χ3n) is 7.33. The van der Waals surface area contributed by atoms with Crippen LogP contribution in [0, 0.1) is 11.8 Å². The number of halogens is 2. The molecule has 0 radical (unpaired) electrons. The van der Waals surface area contributed by atoms with E-state index in [4.69, 9.17) is 0 Å². The number of allylic oxidation sites excluding steroid dienone is 2. The molecule has 0 unspecified atom stereocenters. The van der Waals surface area contributed by atoms with Gasteiger partial charge in [0.15, 0.2) is 11.6 Å². The SMILES string of the molecule is O=C(C1=C[C@@H]2[C@@H]3C(=O)N(c4ccc(Br)cc4)C(=O)[C@@H]3[C@H](C(=O)c3ccc(Br)cc3)N2C=C1)c1ccccc1. The van der Waals surface area contributed by atoms with Crippen LogP contribution in [0.2, 0.25) is 0 Å². The number of fused-ring (bicyclic) bond motifs is 3. The smallest absolute Gasteiger partial charge is 0.240 e. The van der Waals surface area contributed by atoms with Crippen LogP contribution in [0.1, 0.15) is 20.7 Å². The normalized spacial score (nSPS) is 23.8. The second-order valence-electron chi connectivity index (χ2n) is 9.43. The van der Waals surface area contributed by atoms with Gasteiger partial charge in [0.1, 0.15) is 6.04 Å². The summed E-state index contributed by atoms with van der Waals surface area (Å²) in [5.74, 6) is -2.91. The molecule has 4 atom stereocenters. The van der Waals surface area contributed by atoms with Crippen LogP contribution in [0.15, 0.2) is 112 Å². The Kier molecular flexibility index (Phi) is 6.24. The zero-order chi connectivity index (χ0) is 26.6. The first kappa shape index (κ1) is 24.7. The molecule has 188 valence electrons. The summed E-state index contributed by atoms with van der Waals surface area (Å²) in [4.78, 5) is 57.8. The fraction of sp³-hybridized carbons (Fsp3) is 0.133. The third-order valence-corrected chi connectivity index (χ3v) is 8.39. The quantitative estimate of drug-likeness (QED) is 0.271.